The van der Waals surface area contributed by atoms with Crippen LogP contribution in [-0.2, 0) is 9.53 Å². The molecule has 0 aliphatic heterocycles. The highest BCUT2D eigenvalue weighted by Gasteiger charge is 2.23. The Kier molecular flexibility index (Phi) is 8.99. The van der Waals surface area contributed by atoms with Gasteiger partial charge in [-0.25, -0.2) is 4.79 Å². The predicted molar refractivity (Wildman–Crippen MR) is 91.3 cm³/mol. The van der Waals surface area contributed by atoms with E-state index in [0.29, 0.717) is 13.1 Å². The molecule has 2 amide bonds. The lowest BCUT2D eigenvalue weighted by molar-refractivity contribution is -0.145. The number of hydrogen-bond acceptors (Lipinski definition) is 4. The molecule has 1 atom stereocenters. The number of urea groups is 1. The number of amides is 2. The Morgan fingerprint density at radius 2 is 1.83 bits per heavy atom. The van der Waals surface area contributed by atoms with Crippen LogP contribution in [0.5, 0.6) is 0 Å². The van der Waals surface area contributed by atoms with Crippen LogP contribution < -0.4 is 5.32 Å². The Hall–Kier alpha value is -1.30. The minimum absolute atomic E-state index is 0.0496. The molecule has 1 rings (SSSR count). The topological polar surface area (TPSA) is 61.9 Å². The summed E-state index contributed by atoms with van der Waals surface area (Å²) in [4.78, 5) is 28.1. The van der Waals surface area contributed by atoms with E-state index in [-0.39, 0.29) is 24.0 Å². The van der Waals surface area contributed by atoms with E-state index in [2.05, 4.69) is 10.2 Å². The van der Waals surface area contributed by atoms with Crippen LogP contribution in [-0.4, -0.2) is 68.7 Å². The van der Waals surface area contributed by atoms with Gasteiger partial charge in [0, 0.05) is 19.1 Å². The van der Waals surface area contributed by atoms with Crippen molar-refractivity contribution in [3.8, 4) is 0 Å². The lowest BCUT2D eigenvalue weighted by Crippen LogP contribution is -2.48. The first kappa shape index (κ1) is 19.7. The molecule has 1 aliphatic rings. The van der Waals surface area contributed by atoms with Gasteiger partial charge in [-0.2, -0.15) is 0 Å². The first-order valence-electron chi connectivity index (χ1n) is 8.72. The number of nitrogens with zero attached hydrogens (tertiary/aromatic N) is 2. The second-order valence-electron chi connectivity index (χ2n) is 6.81. The van der Waals surface area contributed by atoms with Gasteiger partial charge in [-0.3, -0.25) is 4.79 Å². The Morgan fingerprint density at radius 1 is 1.17 bits per heavy atom. The van der Waals surface area contributed by atoms with E-state index in [1.54, 1.807) is 11.8 Å². The van der Waals surface area contributed by atoms with Crippen LogP contribution in [0.2, 0.25) is 0 Å². The van der Waals surface area contributed by atoms with Crippen LogP contribution >= 0.6 is 0 Å². The summed E-state index contributed by atoms with van der Waals surface area (Å²) in [6, 6.07) is 0.229. The van der Waals surface area contributed by atoms with Crippen molar-refractivity contribution in [2.45, 2.75) is 51.5 Å². The average Bonchev–Trinajstić information content (AvgIpc) is 2.53. The highest BCUT2D eigenvalue weighted by Crippen LogP contribution is 2.17. The molecule has 6 heteroatoms. The molecule has 1 unspecified atom stereocenters. The fourth-order valence-electron chi connectivity index (χ4n) is 2.97. The third kappa shape index (κ3) is 7.68. The summed E-state index contributed by atoms with van der Waals surface area (Å²) >= 11 is 0. The molecule has 1 fully saturated rings. The highest BCUT2D eigenvalue weighted by molar-refractivity contribution is 5.76. The molecule has 0 saturated heterocycles. The van der Waals surface area contributed by atoms with E-state index in [0.717, 1.165) is 25.8 Å². The van der Waals surface area contributed by atoms with E-state index < -0.39 is 0 Å². The lowest BCUT2D eigenvalue weighted by Gasteiger charge is -2.30. The van der Waals surface area contributed by atoms with Crippen molar-refractivity contribution in [1.82, 2.24) is 15.1 Å². The van der Waals surface area contributed by atoms with Crippen molar-refractivity contribution >= 4 is 12.0 Å². The monoisotopic (exact) mass is 327 g/mol. The quantitative estimate of drug-likeness (QED) is 0.694. The Balaban J connectivity index is 2.56. The smallest absolute Gasteiger partial charge is 0.317 e. The average molecular weight is 327 g/mol. The lowest BCUT2D eigenvalue weighted by atomic mass is 9.96. The van der Waals surface area contributed by atoms with E-state index in [4.69, 9.17) is 4.74 Å². The Labute approximate surface area is 140 Å². The molecule has 23 heavy (non-hydrogen) atoms. The number of hydrogen-bond donors (Lipinski definition) is 1. The zero-order chi connectivity index (χ0) is 17.2. The molecule has 0 heterocycles. The summed E-state index contributed by atoms with van der Waals surface area (Å²) in [5.41, 5.74) is 0. The number of carbonyl (C=O) groups is 2. The van der Waals surface area contributed by atoms with Gasteiger partial charge in [-0.15, -0.1) is 0 Å². The maximum absolute atomic E-state index is 12.6. The molecule has 0 radical (unpaired) electrons. The Morgan fingerprint density at radius 3 is 2.39 bits per heavy atom. The fourth-order valence-corrected chi connectivity index (χ4v) is 2.97. The molecular weight excluding hydrogens is 294 g/mol. The Bertz CT molecular complexity index is 368. The van der Waals surface area contributed by atoms with Gasteiger partial charge in [-0.1, -0.05) is 26.2 Å². The summed E-state index contributed by atoms with van der Waals surface area (Å²) in [6.45, 7) is 3.77. The molecular formula is C17H33N3O3. The molecule has 1 aliphatic carbocycles. The highest BCUT2D eigenvalue weighted by atomic mass is 16.5. The van der Waals surface area contributed by atoms with Crippen molar-refractivity contribution in [2.75, 3.05) is 40.8 Å². The molecule has 1 N–H and O–H groups in total. The summed E-state index contributed by atoms with van der Waals surface area (Å²) in [5, 5.41) is 3.14. The predicted octanol–water partition coefficient (Wildman–Crippen LogP) is 2.09. The molecule has 6 nitrogen and oxygen atoms in total. The minimum Gasteiger partial charge on any atom is -0.469 e. The normalized spacial score (nSPS) is 16.9. The second-order valence-corrected chi connectivity index (χ2v) is 6.81. The third-order valence-corrected chi connectivity index (χ3v) is 4.35. The van der Waals surface area contributed by atoms with Crippen molar-refractivity contribution in [2.24, 2.45) is 5.92 Å². The van der Waals surface area contributed by atoms with Crippen LogP contribution in [0.15, 0.2) is 0 Å². The third-order valence-electron chi connectivity index (χ3n) is 4.35. The number of rotatable bonds is 8. The molecule has 0 aromatic heterocycles. The molecule has 1 saturated carbocycles. The number of nitrogens with one attached hydrogen (secondary N) is 1. The van der Waals surface area contributed by atoms with Gasteiger partial charge < -0.3 is 19.9 Å². The number of methoxy groups -OCH3 is 1. The van der Waals surface area contributed by atoms with Gasteiger partial charge in [0.25, 0.3) is 0 Å². The van der Waals surface area contributed by atoms with Gasteiger partial charge in [0.2, 0.25) is 0 Å². The van der Waals surface area contributed by atoms with Crippen molar-refractivity contribution < 1.29 is 14.3 Å². The van der Waals surface area contributed by atoms with Crippen LogP contribution in [0.25, 0.3) is 0 Å². The second kappa shape index (κ2) is 10.5. The summed E-state index contributed by atoms with van der Waals surface area (Å²) < 4.78 is 4.78. The van der Waals surface area contributed by atoms with Gasteiger partial charge in [0.1, 0.15) is 0 Å². The van der Waals surface area contributed by atoms with Crippen LogP contribution in [0.1, 0.15) is 45.4 Å². The zero-order valence-corrected chi connectivity index (χ0v) is 15.1. The van der Waals surface area contributed by atoms with Gasteiger partial charge in [-0.05, 0) is 39.9 Å². The van der Waals surface area contributed by atoms with Crippen LogP contribution in [0.4, 0.5) is 4.79 Å². The zero-order valence-electron chi connectivity index (χ0n) is 15.1. The minimum atomic E-state index is -0.309. The fraction of sp³-hybridized carbons (Fsp3) is 0.882. The maximum Gasteiger partial charge on any atom is 0.317 e. The first-order chi connectivity index (χ1) is 10.9. The van der Waals surface area contributed by atoms with Crippen LogP contribution in [0.3, 0.4) is 0 Å². The van der Waals surface area contributed by atoms with E-state index in [1.807, 2.05) is 14.1 Å². The first-order valence-corrected chi connectivity index (χ1v) is 8.72. The van der Waals surface area contributed by atoms with E-state index in [9.17, 15) is 9.59 Å². The number of ether oxygens (including phenoxy) is 1. The van der Waals surface area contributed by atoms with Crippen molar-refractivity contribution in [3.05, 3.63) is 0 Å². The van der Waals surface area contributed by atoms with Crippen molar-refractivity contribution in [3.63, 3.8) is 0 Å². The molecule has 0 bridgehead atoms. The van der Waals surface area contributed by atoms with Crippen molar-refractivity contribution in [1.29, 1.82) is 0 Å². The molecule has 134 valence electrons. The number of esters is 1. The summed E-state index contributed by atoms with van der Waals surface area (Å²) in [7, 11) is 5.42. The van der Waals surface area contributed by atoms with Crippen LogP contribution in [0, 0.1) is 5.92 Å². The summed E-state index contributed by atoms with van der Waals surface area (Å²) in [5.74, 6) is -0.579. The van der Waals surface area contributed by atoms with Gasteiger partial charge in [0.15, 0.2) is 0 Å². The molecule has 0 aromatic rings. The van der Waals surface area contributed by atoms with E-state index >= 15 is 0 Å². The molecule has 0 aromatic carbocycles. The van der Waals surface area contributed by atoms with Gasteiger partial charge >= 0.3 is 12.0 Å². The number of carbonyl (C=O) groups excluding carboxylic acids is 2. The summed E-state index contributed by atoms with van der Waals surface area (Å²) in [6.07, 6.45) is 6.64. The SMILES string of the molecule is COC(=O)C(C)CN(CCCN(C)C)C(=O)NC1CCCCC1. The largest absolute Gasteiger partial charge is 0.469 e. The maximum atomic E-state index is 12.6. The molecule has 0 spiro atoms. The standard InChI is InChI=1S/C17H33N3O3/c1-14(16(21)23-4)13-20(12-8-11-19(2)3)17(22)18-15-9-6-5-7-10-15/h14-15H,5-13H2,1-4H3,(H,18,22). The van der Waals surface area contributed by atoms with Gasteiger partial charge in [0.05, 0.1) is 13.0 Å². The van der Waals surface area contributed by atoms with E-state index in [1.165, 1.54) is 26.4 Å².